The van der Waals surface area contributed by atoms with Gasteiger partial charge in [0.25, 0.3) is 0 Å². The largest absolute Gasteiger partial charge is 0.494 e. The Morgan fingerprint density at radius 2 is 2.25 bits per heavy atom. The van der Waals surface area contributed by atoms with Crippen molar-refractivity contribution in [3.63, 3.8) is 0 Å². The van der Waals surface area contributed by atoms with Crippen molar-refractivity contribution in [2.24, 2.45) is 0 Å². The number of aromatic nitrogens is 1. The van der Waals surface area contributed by atoms with Crippen LogP contribution in [0, 0.1) is 0 Å². The first kappa shape index (κ1) is 10.9. The number of pyridine rings is 1. The molecule has 3 nitrogen and oxygen atoms in total. The van der Waals surface area contributed by atoms with E-state index in [-0.39, 0.29) is 5.15 Å². The Morgan fingerprint density at radius 1 is 1.44 bits per heavy atom. The van der Waals surface area contributed by atoms with Crippen molar-refractivity contribution in [3.8, 4) is 5.75 Å². The van der Waals surface area contributed by atoms with Crippen molar-refractivity contribution >= 4 is 28.8 Å². The van der Waals surface area contributed by atoms with Crippen molar-refractivity contribution in [3.05, 3.63) is 35.0 Å². The maximum Gasteiger partial charge on any atom is 0.153 e. The topological polar surface area (TPSA) is 39.2 Å². The molecule has 0 aliphatic heterocycles. The molecule has 0 aliphatic carbocycles. The van der Waals surface area contributed by atoms with Gasteiger partial charge < -0.3 is 4.74 Å². The van der Waals surface area contributed by atoms with E-state index in [1.807, 2.05) is 19.1 Å². The zero-order chi connectivity index (χ0) is 11.5. The van der Waals surface area contributed by atoms with Gasteiger partial charge in [-0.25, -0.2) is 4.98 Å². The Labute approximate surface area is 98.0 Å². The van der Waals surface area contributed by atoms with Gasteiger partial charge in [0.1, 0.15) is 10.9 Å². The second kappa shape index (κ2) is 4.49. The van der Waals surface area contributed by atoms with Gasteiger partial charge in [0.2, 0.25) is 0 Å². The fourth-order valence-electron chi connectivity index (χ4n) is 1.48. The molecule has 1 aromatic heterocycles. The molecule has 0 amide bonds. The van der Waals surface area contributed by atoms with Gasteiger partial charge in [0.05, 0.1) is 17.7 Å². The van der Waals surface area contributed by atoms with Crippen molar-refractivity contribution in [2.75, 3.05) is 6.61 Å². The van der Waals surface area contributed by atoms with Gasteiger partial charge in [-0.3, -0.25) is 4.79 Å². The van der Waals surface area contributed by atoms with E-state index in [1.165, 1.54) is 0 Å². The monoisotopic (exact) mass is 235 g/mol. The van der Waals surface area contributed by atoms with Crippen LogP contribution in [0.4, 0.5) is 0 Å². The Bertz CT molecular complexity index is 540. The van der Waals surface area contributed by atoms with Crippen LogP contribution in [-0.4, -0.2) is 17.9 Å². The average molecular weight is 236 g/mol. The molecule has 0 saturated carbocycles. The van der Waals surface area contributed by atoms with Gasteiger partial charge in [0, 0.05) is 11.5 Å². The van der Waals surface area contributed by atoms with E-state index in [4.69, 9.17) is 16.3 Å². The van der Waals surface area contributed by atoms with Crippen LogP contribution in [0.2, 0.25) is 5.15 Å². The highest BCUT2D eigenvalue weighted by atomic mass is 35.5. The quantitative estimate of drug-likeness (QED) is 0.606. The van der Waals surface area contributed by atoms with Crippen molar-refractivity contribution in [1.82, 2.24) is 4.98 Å². The number of fused-ring (bicyclic) bond motifs is 1. The van der Waals surface area contributed by atoms with Crippen LogP contribution < -0.4 is 4.74 Å². The van der Waals surface area contributed by atoms with E-state index < -0.39 is 0 Å². The molecule has 16 heavy (non-hydrogen) atoms. The second-order valence-corrected chi connectivity index (χ2v) is 3.63. The minimum atomic E-state index is 0.219. The first-order valence-electron chi connectivity index (χ1n) is 4.93. The number of rotatable bonds is 3. The zero-order valence-corrected chi connectivity index (χ0v) is 9.49. The number of carbonyl (C=O) groups excluding carboxylic acids is 1. The summed E-state index contributed by atoms with van der Waals surface area (Å²) in [4.78, 5) is 14.8. The van der Waals surface area contributed by atoms with E-state index in [1.54, 1.807) is 12.1 Å². The molecule has 82 valence electrons. The van der Waals surface area contributed by atoms with Crippen molar-refractivity contribution in [2.45, 2.75) is 6.92 Å². The Hall–Kier alpha value is -1.61. The van der Waals surface area contributed by atoms with E-state index in [2.05, 4.69) is 4.98 Å². The summed E-state index contributed by atoms with van der Waals surface area (Å²) in [5.41, 5.74) is 1.12. The van der Waals surface area contributed by atoms with Gasteiger partial charge in [0.15, 0.2) is 6.29 Å². The third-order valence-corrected chi connectivity index (χ3v) is 2.51. The fraction of sp³-hybridized carbons (Fsp3) is 0.167. The smallest absolute Gasteiger partial charge is 0.153 e. The lowest BCUT2D eigenvalue weighted by atomic mass is 10.1. The number of hydrogen-bond acceptors (Lipinski definition) is 3. The predicted molar refractivity (Wildman–Crippen MR) is 63.3 cm³/mol. The molecular weight excluding hydrogens is 226 g/mol. The lowest BCUT2D eigenvalue weighted by Crippen LogP contribution is -1.93. The van der Waals surface area contributed by atoms with Gasteiger partial charge in [-0.05, 0) is 25.1 Å². The van der Waals surface area contributed by atoms with Crippen LogP contribution in [0.15, 0.2) is 24.3 Å². The molecule has 0 N–H and O–H groups in total. The lowest BCUT2D eigenvalue weighted by Gasteiger charge is -2.05. The summed E-state index contributed by atoms with van der Waals surface area (Å²) in [5, 5.41) is 1.09. The highest BCUT2D eigenvalue weighted by Gasteiger charge is 2.04. The summed E-state index contributed by atoms with van der Waals surface area (Å²) in [7, 11) is 0. The summed E-state index contributed by atoms with van der Waals surface area (Å²) in [6, 6.07) is 7.22. The van der Waals surface area contributed by atoms with Crippen LogP contribution >= 0.6 is 11.6 Å². The highest BCUT2D eigenvalue weighted by Crippen LogP contribution is 2.23. The summed E-state index contributed by atoms with van der Waals surface area (Å²) >= 11 is 5.85. The van der Waals surface area contributed by atoms with Crippen LogP contribution in [0.1, 0.15) is 17.3 Å². The molecule has 4 heteroatoms. The number of aldehydes is 1. The van der Waals surface area contributed by atoms with Crippen LogP contribution in [0.3, 0.4) is 0 Å². The van der Waals surface area contributed by atoms with E-state index in [0.717, 1.165) is 16.7 Å². The molecule has 0 unspecified atom stereocenters. The molecule has 0 fully saturated rings. The first-order chi connectivity index (χ1) is 7.74. The number of carbonyl (C=O) groups is 1. The molecule has 0 bridgehead atoms. The van der Waals surface area contributed by atoms with Crippen molar-refractivity contribution in [1.29, 1.82) is 0 Å². The molecule has 2 rings (SSSR count). The van der Waals surface area contributed by atoms with Crippen LogP contribution in [-0.2, 0) is 0 Å². The standard InChI is InChI=1S/C12H10ClNO2/c1-2-16-10-4-3-8-5-9(7-15)12(13)14-11(8)6-10/h3-7H,2H2,1H3. The third kappa shape index (κ3) is 1.99. The average Bonchev–Trinajstić information content (AvgIpc) is 2.28. The SMILES string of the molecule is CCOc1ccc2cc(C=O)c(Cl)nc2c1. The van der Waals surface area contributed by atoms with Gasteiger partial charge >= 0.3 is 0 Å². The maximum absolute atomic E-state index is 10.7. The predicted octanol–water partition coefficient (Wildman–Crippen LogP) is 3.10. The van der Waals surface area contributed by atoms with E-state index >= 15 is 0 Å². The van der Waals surface area contributed by atoms with Crippen LogP contribution in [0.5, 0.6) is 5.75 Å². The minimum Gasteiger partial charge on any atom is -0.494 e. The van der Waals surface area contributed by atoms with Gasteiger partial charge in [-0.2, -0.15) is 0 Å². The Morgan fingerprint density at radius 3 is 2.94 bits per heavy atom. The molecule has 2 aromatic rings. The van der Waals surface area contributed by atoms with Gasteiger partial charge in [-0.15, -0.1) is 0 Å². The molecule has 0 radical (unpaired) electrons. The normalized spacial score (nSPS) is 10.4. The van der Waals surface area contributed by atoms with Gasteiger partial charge in [-0.1, -0.05) is 11.6 Å². The third-order valence-electron chi connectivity index (χ3n) is 2.21. The fourth-order valence-corrected chi connectivity index (χ4v) is 1.67. The summed E-state index contributed by atoms with van der Waals surface area (Å²) in [6.45, 7) is 2.52. The molecule has 0 aliphatic rings. The maximum atomic E-state index is 10.7. The molecule has 0 spiro atoms. The highest BCUT2D eigenvalue weighted by molar-refractivity contribution is 6.32. The first-order valence-corrected chi connectivity index (χ1v) is 5.30. The lowest BCUT2D eigenvalue weighted by molar-refractivity contribution is 0.112. The number of nitrogens with zero attached hydrogens (tertiary/aromatic N) is 1. The number of benzene rings is 1. The Kier molecular flexibility index (Phi) is 3.06. The summed E-state index contributed by atoms with van der Waals surface area (Å²) in [5.74, 6) is 0.748. The Balaban J connectivity index is 2.57. The summed E-state index contributed by atoms with van der Waals surface area (Å²) < 4.78 is 5.36. The van der Waals surface area contributed by atoms with E-state index in [0.29, 0.717) is 18.5 Å². The molecule has 0 saturated heterocycles. The second-order valence-electron chi connectivity index (χ2n) is 3.27. The minimum absolute atomic E-state index is 0.219. The number of ether oxygens (including phenoxy) is 1. The molecular formula is C12H10ClNO2. The van der Waals surface area contributed by atoms with E-state index in [9.17, 15) is 4.79 Å². The molecule has 1 aromatic carbocycles. The summed E-state index contributed by atoms with van der Waals surface area (Å²) in [6.07, 6.45) is 0.700. The molecule has 1 heterocycles. The number of hydrogen-bond donors (Lipinski definition) is 0. The number of halogens is 1. The molecule has 0 atom stereocenters. The van der Waals surface area contributed by atoms with Crippen molar-refractivity contribution < 1.29 is 9.53 Å². The zero-order valence-electron chi connectivity index (χ0n) is 8.74. The van der Waals surface area contributed by atoms with Crippen LogP contribution in [0.25, 0.3) is 10.9 Å².